The molecule has 0 aliphatic heterocycles. The molecule has 0 aromatic rings. The van der Waals surface area contributed by atoms with Crippen LogP contribution in [0.15, 0.2) is 0 Å². The third-order valence-corrected chi connectivity index (χ3v) is 9.11. The smallest absolute Gasteiger partial charge is 0.306 e. The van der Waals surface area contributed by atoms with E-state index in [0.717, 1.165) is 57.8 Å². The first-order chi connectivity index (χ1) is 23.0. The molecule has 0 fully saturated rings. The van der Waals surface area contributed by atoms with E-state index >= 15 is 0 Å². The predicted octanol–water partition coefficient (Wildman–Crippen LogP) is 12.5. The Kier molecular flexibility index (Phi) is 36.0. The predicted molar refractivity (Wildman–Crippen MR) is 197 cm³/mol. The molecule has 278 valence electrons. The summed E-state index contributed by atoms with van der Waals surface area (Å²) in [5.74, 6) is -0.867. The van der Waals surface area contributed by atoms with E-state index in [9.17, 15) is 14.4 Å². The molecule has 0 rings (SSSR count). The van der Waals surface area contributed by atoms with E-state index in [4.69, 9.17) is 14.2 Å². The zero-order valence-corrected chi connectivity index (χ0v) is 31.6. The topological polar surface area (TPSA) is 78.9 Å². The zero-order valence-electron chi connectivity index (χ0n) is 31.6. The maximum absolute atomic E-state index is 12.6. The molecule has 47 heavy (non-hydrogen) atoms. The second kappa shape index (κ2) is 37.2. The van der Waals surface area contributed by atoms with E-state index in [1.807, 2.05) is 0 Å². The molecule has 0 spiro atoms. The third kappa shape index (κ3) is 35.5. The van der Waals surface area contributed by atoms with Gasteiger partial charge in [0.2, 0.25) is 0 Å². The van der Waals surface area contributed by atoms with Crippen molar-refractivity contribution in [3.8, 4) is 0 Å². The van der Waals surface area contributed by atoms with Crippen molar-refractivity contribution in [2.45, 2.75) is 232 Å². The molecule has 0 bridgehead atoms. The number of esters is 3. The van der Waals surface area contributed by atoms with Crippen LogP contribution in [0.5, 0.6) is 0 Å². The highest BCUT2D eigenvalue weighted by atomic mass is 16.6. The third-order valence-electron chi connectivity index (χ3n) is 9.11. The fourth-order valence-corrected chi connectivity index (χ4v) is 5.97. The number of hydrogen-bond acceptors (Lipinski definition) is 6. The number of carbonyl (C=O) groups is 3. The van der Waals surface area contributed by atoms with Crippen LogP contribution in [-0.2, 0) is 28.6 Å². The molecule has 0 aliphatic carbocycles. The van der Waals surface area contributed by atoms with Gasteiger partial charge in [0, 0.05) is 19.3 Å². The molecule has 0 saturated heterocycles. The zero-order chi connectivity index (χ0) is 34.5. The number of unbranched alkanes of at least 4 members (excludes halogenated alkanes) is 26. The van der Waals surface area contributed by atoms with Gasteiger partial charge in [-0.1, -0.05) is 188 Å². The molecule has 0 aromatic heterocycles. The van der Waals surface area contributed by atoms with Crippen LogP contribution in [-0.4, -0.2) is 37.2 Å². The van der Waals surface area contributed by atoms with Crippen molar-refractivity contribution in [1.29, 1.82) is 0 Å². The molecular formula is C41H78O6. The molecular weight excluding hydrogens is 588 g/mol. The summed E-state index contributed by atoms with van der Waals surface area (Å²) in [6, 6.07) is 0. The quantitative estimate of drug-likeness (QED) is 0.0373. The molecule has 0 aromatic carbocycles. The SMILES string of the molecule is CCCCCCCCCCCCCCCC(=O)O[C@@H](COC(=O)CCCCCCCCC)COC(=O)CCCCCCCCCCC. The lowest BCUT2D eigenvalue weighted by atomic mass is 10.0. The molecule has 6 heteroatoms. The van der Waals surface area contributed by atoms with Crippen molar-refractivity contribution >= 4 is 17.9 Å². The molecule has 0 radical (unpaired) electrons. The van der Waals surface area contributed by atoms with Gasteiger partial charge in [0.1, 0.15) is 13.2 Å². The van der Waals surface area contributed by atoms with Gasteiger partial charge in [-0.15, -0.1) is 0 Å². The van der Waals surface area contributed by atoms with E-state index in [2.05, 4.69) is 20.8 Å². The Labute approximate surface area is 291 Å². The monoisotopic (exact) mass is 667 g/mol. The summed E-state index contributed by atoms with van der Waals surface area (Å²) in [6.45, 7) is 6.57. The van der Waals surface area contributed by atoms with E-state index in [1.54, 1.807) is 0 Å². The van der Waals surface area contributed by atoms with Crippen LogP contribution in [0.2, 0.25) is 0 Å². The standard InChI is InChI=1S/C41H78O6/c1-4-7-10-13-16-18-19-20-21-23-26-29-32-35-41(44)47-38(36-45-39(42)33-30-27-24-15-12-9-6-3)37-46-40(43)34-31-28-25-22-17-14-11-8-5-2/h38H,4-37H2,1-3H3/t38-/m0/s1. The summed E-state index contributed by atoms with van der Waals surface area (Å²) < 4.78 is 16.6. The van der Waals surface area contributed by atoms with Gasteiger partial charge in [-0.25, -0.2) is 0 Å². The Morgan fingerprint density at radius 3 is 0.851 bits per heavy atom. The van der Waals surface area contributed by atoms with Gasteiger partial charge in [0.05, 0.1) is 0 Å². The summed E-state index contributed by atoms with van der Waals surface area (Å²) >= 11 is 0. The van der Waals surface area contributed by atoms with E-state index < -0.39 is 6.10 Å². The van der Waals surface area contributed by atoms with Gasteiger partial charge in [0.25, 0.3) is 0 Å². The van der Waals surface area contributed by atoms with E-state index in [-0.39, 0.29) is 31.1 Å². The Bertz CT molecular complexity index is 693. The van der Waals surface area contributed by atoms with Gasteiger partial charge in [0.15, 0.2) is 6.10 Å². The van der Waals surface area contributed by atoms with Crippen LogP contribution >= 0.6 is 0 Å². The normalized spacial score (nSPS) is 11.8. The Morgan fingerprint density at radius 2 is 0.574 bits per heavy atom. The van der Waals surface area contributed by atoms with E-state index in [1.165, 1.54) is 128 Å². The highest BCUT2D eigenvalue weighted by molar-refractivity contribution is 5.71. The summed E-state index contributed by atoms with van der Waals surface area (Å²) in [5, 5.41) is 0. The summed E-state index contributed by atoms with van der Waals surface area (Å²) in [5.41, 5.74) is 0. The fraction of sp³-hybridized carbons (Fsp3) is 0.927. The molecule has 1 atom stereocenters. The summed E-state index contributed by atoms with van der Waals surface area (Å²) in [6.07, 6.45) is 35.2. The van der Waals surface area contributed by atoms with Gasteiger partial charge < -0.3 is 14.2 Å². The molecule has 0 N–H and O–H groups in total. The molecule has 0 unspecified atom stereocenters. The number of ether oxygens (including phenoxy) is 3. The first kappa shape index (κ1) is 45.4. The maximum atomic E-state index is 12.6. The average molecular weight is 667 g/mol. The van der Waals surface area contributed by atoms with Crippen molar-refractivity contribution in [3.63, 3.8) is 0 Å². The molecule has 0 saturated carbocycles. The number of rotatable bonds is 37. The van der Waals surface area contributed by atoms with Crippen LogP contribution < -0.4 is 0 Å². The first-order valence-electron chi connectivity index (χ1n) is 20.5. The Balaban J connectivity index is 4.29. The average Bonchev–Trinajstić information content (AvgIpc) is 3.06. The lowest BCUT2D eigenvalue weighted by molar-refractivity contribution is -0.167. The lowest BCUT2D eigenvalue weighted by Gasteiger charge is -2.18. The van der Waals surface area contributed by atoms with Crippen LogP contribution in [0.25, 0.3) is 0 Å². The van der Waals surface area contributed by atoms with Crippen molar-refractivity contribution < 1.29 is 28.6 Å². The van der Waals surface area contributed by atoms with E-state index in [0.29, 0.717) is 19.3 Å². The first-order valence-corrected chi connectivity index (χ1v) is 20.5. The molecule has 0 amide bonds. The molecule has 0 aliphatic rings. The van der Waals surface area contributed by atoms with Crippen molar-refractivity contribution in [3.05, 3.63) is 0 Å². The molecule has 0 heterocycles. The summed E-state index contributed by atoms with van der Waals surface area (Å²) in [7, 11) is 0. The van der Waals surface area contributed by atoms with Gasteiger partial charge in [-0.05, 0) is 19.3 Å². The fourth-order valence-electron chi connectivity index (χ4n) is 5.97. The van der Waals surface area contributed by atoms with Crippen molar-refractivity contribution in [1.82, 2.24) is 0 Å². The van der Waals surface area contributed by atoms with Crippen LogP contribution in [0.1, 0.15) is 226 Å². The molecule has 6 nitrogen and oxygen atoms in total. The van der Waals surface area contributed by atoms with Gasteiger partial charge in [-0.3, -0.25) is 14.4 Å². The highest BCUT2D eigenvalue weighted by Crippen LogP contribution is 2.15. The minimum absolute atomic E-state index is 0.0642. The minimum Gasteiger partial charge on any atom is -0.462 e. The van der Waals surface area contributed by atoms with Crippen molar-refractivity contribution in [2.24, 2.45) is 0 Å². The largest absolute Gasteiger partial charge is 0.462 e. The second-order valence-electron chi connectivity index (χ2n) is 13.9. The van der Waals surface area contributed by atoms with Gasteiger partial charge in [-0.2, -0.15) is 0 Å². The van der Waals surface area contributed by atoms with Crippen molar-refractivity contribution in [2.75, 3.05) is 13.2 Å². The number of hydrogen-bond donors (Lipinski definition) is 0. The lowest BCUT2D eigenvalue weighted by Crippen LogP contribution is -2.30. The van der Waals surface area contributed by atoms with Crippen LogP contribution in [0.4, 0.5) is 0 Å². The van der Waals surface area contributed by atoms with Gasteiger partial charge >= 0.3 is 17.9 Å². The highest BCUT2D eigenvalue weighted by Gasteiger charge is 2.19. The van der Waals surface area contributed by atoms with Crippen LogP contribution in [0.3, 0.4) is 0 Å². The number of carbonyl (C=O) groups excluding carboxylic acids is 3. The Morgan fingerprint density at radius 1 is 0.340 bits per heavy atom. The summed E-state index contributed by atoms with van der Waals surface area (Å²) in [4.78, 5) is 37.3. The second-order valence-corrected chi connectivity index (χ2v) is 13.9. The van der Waals surface area contributed by atoms with Crippen LogP contribution in [0, 0.1) is 0 Å². The Hall–Kier alpha value is -1.59. The maximum Gasteiger partial charge on any atom is 0.306 e. The minimum atomic E-state index is -0.755.